The van der Waals surface area contributed by atoms with Crippen molar-refractivity contribution in [3.05, 3.63) is 62.8 Å². The molecule has 2 aromatic carbocycles. The van der Waals surface area contributed by atoms with Crippen molar-refractivity contribution in [2.24, 2.45) is 0 Å². The molecular formula is C15H14BrClFNO. The molecule has 2 aromatic rings. The summed E-state index contributed by atoms with van der Waals surface area (Å²) in [5.41, 5.74) is 1.54. The Balaban J connectivity index is 2.11. The van der Waals surface area contributed by atoms with E-state index in [4.69, 9.17) is 16.3 Å². The molecular weight excluding hydrogens is 345 g/mol. The minimum absolute atomic E-state index is 0.170. The third kappa shape index (κ3) is 3.95. The van der Waals surface area contributed by atoms with Crippen molar-refractivity contribution in [3.63, 3.8) is 0 Å². The summed E-state index contributed by atoms with van der Waals surface area (Å²) in [6.45, 7) is 0.863. The second-order valence-electron chi connectivity index (χ2n) is 4.32. The Morgan fingerprint density at radius 1 is 1.25 bits per heavy atom. The summed E-state index contributed by atoms with van der Waals surface area (Å²) < 4.78 is 20.1. The third-order valence-corrected chi connectivity index (χ3v) is 3.62. The molecule has 0 atom stereocenters. The van der Waals surface area contributed by atoms with E-state index < -0.39 is 0 Å². The van der Waals surface area contributed by atoms with Crippen molar-refractivity contribution in [1.82, 2.24) is 5.32 Å². The first kappa shape index (κ1) is 15.3. The van der Waals surface area contributed by atoms with Gasteiger partial charge in [0.2, 0.25) is 0 Å². The van der Waals surface area contributed by atoms with Crippen LogP contribution in [0.4, 0.5) is 4.39 Å². The summed E-state index contributed by atoms with van der Waals surface area (Å²) in [5, 5.41) is 3.65. The van der Waals surface area contributed by atoms with Crippen LogP contribution in [0.3, 0.4) is 0 Å². The molecule has 0 fully saturated rings. The van der Waals surface area contributed by atoms with Crippen molar-refractivity contribution in [1.29, 1.82) is 0 Å². The van der Waals surface area contributed by atoms with E-state index in [-0.39, 0.29) is 12.4 Å². The fourth-order valence-corrected chi connectivity index (χ4v) is 2.60. The Kier molecular flexibility index (Phi) is 5.40. The van der Waals surface area contributed by atoms with Gasteiger partial charge in [-0.25, -0.2) is 4.39 Å². The molecule has 0 saturated heterocycles. The zero-order valence-electron chi connectivity index (χ0n) is 10.9. The van der Waals surface area contributed by atoms with Crippen molar-refractivity contribution >= 4 is 27.5 Å². The van der Waals surface area contributed by atoms with E-state index in [0.717, 1.165) is 10.0 Å². The van der Waals surface area contributed by atoms with Crippen LogP contribution in [0.15, 0.2) is 40.9 Å². The highest BCUT2D eigenvalue weighted by Gasteiger charge is 2.07. The normalized spacial score (nSPS) is 10.6. The van der Waals surface area contributed by atoms with Crippen molar-refractivity contribution in [2.45, 2.75) is 13.2 Å². The molecule has 1 N–H and O–H groups in total. The van der Waals surface area contributed by atoms with Gasteiger partial charge in [0.15, 0.2) is 0 Å². The quantitative estimate of drug-likeness (QED) is 0.847. The number of nitrogens with one attached hydrogen (secondary N) is 1. The average molecular weight is 359 g/mol. The van der Waals surface area contributed by atoms with Crippen molar-refractivity contribution < 1.29 is 9.13 Å². The average Bonchev–Trinajstić information content (AvgIpc) is 2.41. The molecule has 0 heterocycles. The zero-order valence-corrected chi connectivity index (χ0v) is 13.3. The van der Waals surface area contributed by atoms with Crippen LogP contribution in [0.2, 0.25) is 5.02 Å². The van der Waals surface area contributed by atoms with Crippen LogP contribution in [0.5, 0.6) is 5.75 Å². The summed E-state index contributed by atoms with van der Waals surface area (Å²) in [6.07, 6.45) is 0. The molecule has 0 bridgehead atoms. The monoisotopic (exact) mass is 357 g/mol. The second kappa shape index (κ2) is 7.07. The van der Waals surface area contributed by atoms with Gasteiger partial charge in [-0.05, 0) is 58.9 Å². The van der Waals surface area contributed by atoms with Gasteiger partial charge in [-0.1, -0.05) is 17.7 Å². The van der Waals surface area contributed by atoms with Crippen LogP contribution >= 0.6 is 27.5 Å². The van der Waals surface area contributed by atoms with Gasteiger partial charge in [0.1, 0.15) is 18.2 Å². The van der Waals surface area contributed by atoms with E-state index in [1.807, 2.05) is 7.05 Å². The number of ether oxygens (including phenoxy) is 1. The van der Waals surface area contributed by atoms with E-state index in [0.29, 0.717) is 22.9 Å². The Morgan fingerprint density at radius 3 is 2.75 bits per heavy atom. The van der Waals surface area contributed by atoms with E-state index in [2.05, 4.69) is 21.2 Å². The second-order valence-corrected chi connectivity index (χ2v) is 5.61. The molecule has 5 heteroatoms. The van der Waals surface area contributed by atoms with E-state index in [1.54, 1.807) is 30.3 Å². The van der Waals surface area contributed by atoms with E-state index in [9.17, 15) is 4.39 Å². The third-order valence-electron chi connectivity index (χ3n) is 2.77. The minimum Gasteiger partial charge on any atom is -0.488 e. The Labute approximate surface area is 131 Å². The molecule has 0 spiro atoms. The van der Waals surface area contributed by atoms with Crippen LogP contribution in [0, 0.1) is 5.82 Å². The summed E-state index contributed by atoms with van der Waals surface area (Å²) in [5.74, 6) is 0.364. The lowest BCUT2D eigenvalue weighted by Crippen LogP contribution is -2.07. The Morgan fingerprint density at radius 2 is 2.05 bits per heavy atom. The highest BCUT2D eigenvalue weighted by Crippen LogP contribution is 2.28. The minimum atomic E-state index is -0.269. The molecule has 0 aliphatic rings. The topological polar surface area (TPSA) is 21.3 Å². The predicted octanol–water partition coefficient (Wildman–Crippen LogP) is 4.54. The summed E-state index contributed by atoms with van der Waals surface area (Å²) >= 11 is 9.23. The maximum Gasteiger partial charge on any atom is 0.134 e. The number of halogens is 3. The van der Waals surface area contributed by atoms with Crippen molar-refractivity contribution in [3.8, 4) is 5.75 Å². The Bertz CT molecular complexity index is 606. The van der Waals surface area contributed by atoms with Crippen LogP contribution in [0.25, 0.3) is 0 Å². The van der Waals surface area contributed by atoms with Crippen LogP contribution in [-0.4, -0.2) is 7.05 Å². The zero-order chi connectivity index (χ0) is 14.5. The van der Waals surface area contributed by atoms with Crippen LogP contribution in [0.1, 0.15) is 11.1 Å². The van der Waals surface area contributed by atoms with Crippen molar-refractivity contribution in [2.75, 3.05) is 7.05 Å². The predicted molar refractivity (Wildman–Crippen MR) is 82.6 cm³/mol. The molecule has 0 unspecified atom stereocenters. The molecule has 20 heavy (non-hydrogen) atoms. The van der Waals surface area contributed by atoms with Gasteiger partial charge in [0, 0.05) is 17.1 Å². The maximum atomic E-state index is 13.7. The van der Waals surface area contributed by atoms with Gasteiger partial charge in [-0.15, -0.1) is 0 Å². The first-order chi connectivity index (χ1) is 9.60. The van der Waals surface area contributed by atoms with Gasteiger partial charge in [-0.2, -0.15) is 0 Å². The van der Waals surface area contributed by atoms with E-state index >= 15 is 0 Å². The molecule has 0 saturated carbocycles. The molecule has 2 rings (SSSR count). The SMILES string of the molecule is CNCc1ccc(F)c(COc2ccc(Cl)cc2Br)c1. The Hall–Kier alpha value is -1.10. The molecule has 0 amide bonds. The fourth-order valence-electron chi connectivity index (χ4n) is 1.80. The first-order valence-corrected chi connectivity index (χ1v) is 7.27. The van der Waals surface area contributed by atoms with Gasteiger partial charge in [0.25, 0.3) is 0 Å². The summed E-state index contributed by atoms with van der Waals surface area (Å²) in [4.78, 5) is 0. The smallest absolute Gasteiger partial charge is 0.134 e. The standard InChI is InChI=1S/C15H14BrClFNO/c1-19-8-10-2-4-14(18)11(6-10)9-20-15-5-3-12(17)7-13(15)16/h2-7,19H,8-9H2,1H3. The lowest BCUT2D eigenvalue weighted by atomic mass is 10.1. The van der Waals surface area contributed by atoms with Crippen LogP contribution in [-0.2, 0) is 13.2 Å². The lowest BCUT2D eigenvalue weighted by Gasteiger charge is -2.10. The van der Waals surface area contributed by atoms with Gasteiger partial charge >= 0.3 is 0 Å². The largest absolute Gasteiger partial charge is 0.488 e. The van der Waals surface area contributed by atoms with Gasteiger partial charge in [-0.3, -0.25) is 0 Å². The fraction of sp³-hybridized carbons (Fsp3) is 0.200. The molecule has 0 radical (unpaired) electrons. The van der Waals surface area contributed by atoms with Crippen LogP contribution < -0.4 is 10.1 Å². The molecule has 0 aromatic heterocycles. The number of benzene rings is 2. The maximum absolute atomic E-state index is 13.7. The number of rotatable bonds is 5. The lowest BCUT2D eigenvalue weighted by molar-refractivity contribution is 0.298. The summed E-state index contributed by atoms with van der Waals surface area (Å²) in [6, 6.07) is 10.2. The molecule has 0 aliphatic heterocycles. The molecule has 0 aliphatic carbocycles. The van der Waals surface area contributed by atoms with Gasteiger partial charge in [0.05, 0.1) is 4.47 Å². The number of hydrogen-bond acceptors (Lipinski definition) is 2. The molecule has 2 nitrogen and oxygen atoms in total. The molecule has 106 valence electrons. The first-order valence-electron chi connectivity index (χ1n) is 6.10. The van der Waals surface area contributed by atoms with E-state index in [1.165, 1.54) is 6.07 Å². The van der Waals surface area contributed by atoms with Gasteiger partial charge < -0.3 is 10.1 Å². The number of hydrogen-bond donors (Lipinski definition) is 1. The highest BCUT2D eigenvalue weighted by molar-refractivity contribution is 9.10. The highest BCUT2D eigenvalue weighted by atomic mass is 79.9. The summed E-state index contributed by atoms with van der Waals surface area (Å²) in [7, 11) is 1.85.